The molecule has 0 fully saturated rings. The molecule has 1 N–H and O–H groups in total. The van der Waals surface area contributed by atoms with E-state index in [1.165, 1.54) is 9.89 Å². The van der Waals surface area contributed by atoms with Crippen molar-refractivity contribution in [3.05, 3.63) is 70.7 Å². The first kappa shape index (κ1) is 19.7. The number of nitrogens with zero attached hydrogens (tertiary/aromatic N) is 2. The van der Waals surface area contributed by atoms with Crippen molar-refractivity contribution < 1.29 is 13.6 Å². The number of rotatable bonds is 6. The van der Waals surface area contributed by atoms with E-state index in [0.717, 1.165) is 5.71 Å². The molecule has 1 aliphatic rings. The Bertz CT molecular complexity index is 954. The summed E-state index contributed by atoms with van der Waals surface area (Å²) in [5.41, 5.74) is 0.717. The van der Waals surface area contributed by atoms with E-state index in [1.807, 2.05) is 30.3 Å². The predicted molar refractivity (Wildman–Crippen MR) is 113 cm³/mol. The zero-order valence-corrected chi connectivity index (χ0v) is 17.6. The Balaban J connectivity index is 1.53. The van der Waals surface area contributed by atoms with Crippen LogP contribution in [-0.4, -0.2) is 23.2 Å². The summed E-state index contributed by atoms with van der Waals surface area (Å²) in [5, 5.41) is 11.6. The fourth-order valence-corrected chi connectivity index (χ4v) is 4.64. The smallest absolute Gasteiger partial charge is 0.257 e. The molecule has 0 aliphatic carbocycles. The van der Waals surface area contributed by atoms with Gasteiger partial charge in [-0.2, -0.15) is 5.10 Å². The number of hydrogen-bond acceptors (Lipinski definition) is 6. The summed E-state index contributed by atoms with van der Waals surface area (Å²) in [4.78, 5) is 14.4. The Morgan fingerprint density at radius 3 is 2.66 bits per heavy atom. The summed E-state index contributed by atoms with van der Waals surface area (Å²) in [7, 11) is 0. The lowest BCUT2D eigenvalue weighted by molar-refractivity contribution is -0.132. The van der Waals surface area contributed by atoms with E-state index in [-0.39, 0.29) is 30.0 Å². The van der Waals surface area contributed by atoms with Crippen LogP contribution in [0, 0.1) is 5.41 Å². The average molecular weight is 412 g/mol. The quantitative estimate of drug-likeness (QED) is 0.620. The normalized spacial score (nSPS) is 18.1. The van der Waals surface area contributed by atoms with Crippen molar-refractivity contribution in [3.63, 3.8) is 0 Å². The molecule has 2 unspecified atom stereocenters. The molecule has 6 nitrogen and oxygen atoms in total. The minimum atomic E-state index is -0.269. The number of carbonyl (C=O) groups excluding carboxylic acids is 1. The van der Waals surface area contributed by atoms with Gasteiger partial charge in [0.25, 0.3) is 5.91 Å². The van der Waals surface area contributed by atoms with Gasteiger partial charge in [-0.05, 0) is 41.1 Å². The number of amides is 1. The maximum Gasteiger partial charge on any atom is 0.257 e. The Kier molecular flexibility index (Phi) is 5.43. The summed E-state index contributed by atoms with van der Waals surface area (Å²) >= 11 is 1.70. The van der Waals surface area contributed by atoms with Crippen molar-refractivity contribution in [2.45, 2.75) is 39.3 Å². The van der Waals surface area contributed by atoms with Crippen LogP contribution in [0.2, 0.25) is 0 Å². The molecule has 0 saturated carbocycles. The third-order valence-electron chi connectivity index (χ3n) is 4.99. The lowest BCUT2D eigenvalue weighted by atomic mass is 9.86. The number of nitrogens with one attached hydrogen (secondary N) is 1. The first-order valence-corrected chi connectivity index (χ1v) is 10.5. The molecule has 3 aromatic rings. The summed E-state index contributed by atoms with van der Waals surface area (Å²) in [6, 6.07) is 11.3. The van der Waals surface area contributed by atoms with Gasteiger partial charge in [-0.1, -0.05) is 26.8 Å². The summed E-state index contributed by atoms with van der Waals surface area (Å²) < 4.78 is 11.1. The van der Waals surface area contributed by atoms with Crippen molar-refractivity contribution in [3.8, 4) is 0 Å². The van der Waals surface area contributed by atoms with E-state index in [2.05, 4.69) is 42.6 Å². The van der Waals surface area contributed by atoms with Crippen molar-refractivity contribution >= 4 is 23.0 Å². The van der Waals surface area contributed by atoms with Gasteiger partial charge in [0.15, 0.2) is 0 Å². The van der Waals surface area contributed by atoms with Crippen LogP contribution < -0.4 is 5.32 Å². The van der Waals surface area contributed by atoms with Crippen molar-refractivity contribution in [2.75, 3.05) is 6.54 Å². The highest BCUT2D eigenvalue weighted by Crippen LogP contribution is 2.36. The van der Waals surface area contributed by atoms with Gasteiger partial charge in [-0.25, -0.2) is 5.01 Å². The van der Waals surface area contributed by atoms with Crippen molar-refractivity contribution in [1.82, 2.24) is 10.3 Å². The SMILES string of the molecule is CC(C)(C)C(NCC(=O)N1N=C(c2ccco2)CC1c1ccco1)c1cccs1. The molecular weight excluding hydrogens is 386 g/mol. The summed E-state index contributed by atoms with van der Waals surface area (Å²) in [5.74, 6) is 1.30. The maximum absolute atomic E-state index is 13.2. The van der Waals surface area contributed by atoms with Crippen LogP contribution in [-0.2, 0) is 4.79 Å². The van der Waals surface area contributed by atoms with Crippen molar-refractivity contribution in [1.29, 1.82) is 0 Å². The number of furan rings is 2. The molecule has 4 heterocycles. The average Bonchev–Trinajstić information content (AvgIpc) is 3.48. The first-order chi connectivity index (χ1) is 13.9. The van der Waals surface area contributed by atoms with E-state index in [4.69, 9.17) is 8.83 Å². The minimum absolute atomic E-state index is 0.0286. The molecule has 152 valence electrons. The van der Waals surface area contributed by atoms with E-state index >= 15 is 0 Å². The second-order valence-corrected chi connectivity index (χ2v) is 9.17. The van der Waals surface area contributed by atoms with Gasteiger partial charge in [0.05, 0.1) is 19.1 Å². The van der Waals surface area contributed by atoms with Gasteiger partial charge in [0.2, 0.25) is 0 Å². The van der Waals surface area contributed by atoms with Crippen LogP contribution >= 0.6 is 11.3 Å². The van der Waals surface area contributed by atoms with Crippen molar-refractivity contribution in [2.24, 2.45) is 10.5 Å². The summed E-state index contributed by atoms with van der Waals surface area (Å²) in [6.45, 7) is 6.70. The second kappa shape index (κ2) is 8.00. The van der Waals surface area contributed by atoms with Gasteiger partial charge in [0.1, 0.15) is 23.3 Å². The number of hydrogen-bond donors (Lipinski definition) is 1. The molecule has 2 atom stereocenters. The predicted octanol–water partition coefficient (Wildman–Crippen LogP) is 4.99. The highest BCUT2D eigenvalue weighted by atomic mass is 32.1. The Hall–Kier alpha value is -2.64. The monoisotopic (exact) mass is 411 g/mol. The lowest BCUT2D eigenvalue weighted by Gasteiger charge is -2.31. The summed E-state index contributed by atoms with van der Waals surface area (Å²) in [6.07, 6.45) is 3.79. The highest BCUT2D eigenvalue weighted by Gasteiger charge is 2.36. The lowest BCUT2D eigenvalue weighted by Crippen LogP contribution is -2.40. The second-order valence-electron chi connectivity index (χ2n) is 8.19. The highest BCUT2D eigenvalue weighted by molar-refractivity contribution is 7.10. The molecule has 0 spiro atoms. The molecule has 7 heteroatoms. The molecule has 1 amide bonds. The van der Waals surface area contributed by atoms with E-state index < -0.39 is 0 Å². The third kappa shape index (κ3) is 4.21. The zero-order chi connectivity index (χ0) is 20.4. The number of carbonyl (C=O) groups is 1. The van der Waals surface area contributed by atoms with Crippen LogP contribution in [0.25, 0.3) is 0 Å². The Morgan fingerprint density at radius 1 is 1.24 bits per heavy atom. The molecular formula is C22H25N3O3S. The molecule has 0 aromatic carbocycles. The van der Waals surface area contributed by atoms with Gasteiger partial charge in [0, 0.05) is 17.3 Å². The van der Waals surface area contributed by atoms with Crippen LogP contribution in [0.3, 0.4) is 0 Å². The zero-order valence-electron chi connectivity index (χ0n) is 16.8. The van der Waals surface area contributed by atoms with Crippen LogP contribution in [0.5, 0.6) is 0 Å². The fraction of sp³-hybridized carbons (Fsp3) is 0.364. The van der Waals surface area contributed by atoms with Crippen LogP contribution in [0.4, 0.5) is 0 Å². The number of hydrazone groups is 1. The molecule has 3 aromatic heterocycles. The van der Waals surface area contributed by atoms with Gasteiger partial charge in [-0.15, -0.1) is 11.3 Å². The topological polar surface area (TPSA) is 71.0 Å². The maximum atomic E-state index is 13.2. The molecule has 0 bridgehead atoms. The Labute approximate surface area is 174 Å². The van der Waals surface area contributed by atoms with Gasteiger partial charge < -0.3 is 14.2 Å². The van der Waals surface area contributed by atoms with Crippen LogP contribution in [0.15, 0.2) is 68.2 Å². The molecule has 29 heavy (non-hydrogen) atoms. The molecule has 4 rings (SSSR count). The van der Waals surface area contributed by atoms with Gasteiger partial charge >= 0.3 is 0 Å². The minimum Gasteiger partial charge on any atom is -0.467 e. The Morgan fingerprint density at radius 2 is 2.03 bits per heavy atom. The molecule has 0 saturated heterocycles. The van der Waals surface area contributed by atoms with Gasteiger partial charge in [-0.3, -0.25) is 4.79 Å². The van der Waals surface area contributed by atoms with E-state index in [1.54, 1.807) is 23.9 Å². The van der Waals surface area contributed by atoms with E-state index in [9.17, 15) is 4.79 Å². The number of thiophene rings is 1. The largest absolute Gasteiger partial charge is 0.467 e. The molecule has 1 aliphatic heterocycles. The molecule has 0 radical (unpaired) electrons. The first-order valence-electron chi connectivity index (χ1n) is 9.67. The third-order valence-corrected chi connectivity index (χ3v) is 5.93. The van der Waals surface area contributed by atoms with Crippen LogP contribution in [0.1, 0.15) is 55.7 Å². The fourth-order valence-electron chi connectivity index (χ4n) is 3.59. The van der Waals surface area contributed by atoms with E-state index in [0.29, 0.717) is 17.9 Å². The standard InChI is InChI=1S/C22H25N3O3S/c1-22(2,3)21(19-9-6-12-29-19)23-14-20(26)25-16(18-8-5-11-28-18)13-15(24-25)17-7-4-10-27-17/h4-12,16,21,23H,13-14H2,1-3H3.